The predicted octanol–water partition coefficient (Wildman–Crippen LogP) is 1.88. The fourth-order valence-corrected chi connectivity index (χ4v) is 2.26. The van der Waals surface area contributed by atoms with Crippen molar-refractivity contribution >= 4 is 0 Å². The lowest BCUT2D eigenvalue weighted by Crippen LogP contribution is -2.47. The van der Waals surface area contributed by atoms with E-state index in [4.69, 9.17) is 5.11 Å². The van der Waals surface area contributed by atoms with Crippen molar-refractivity contribution in [2.45, 2.75) is 52.1 Å². The molecule has 0 aliphatic carbocycles. The maximum Gasteiger partial charge on any atom is 0.0584 e. The molecule has 0 bridgehead atoms. The van der Waals surface area contributed by atoms with Crippen LogP contribution in [0.25, 0.3) is 0 Å². The lowest BCUT2D eigenvalue weighted by atomic mass is 9.90. The summed E-state index contributed by atoms with van der Waals surface area (Å²) in [6.07, 6.45) is 3.94. The Morgan fingerprint density at radius 1 is 1.46 bits per heavy atom. The third-order valence-electron chi connectivity index (χ3n) is 3.44. The van der Waals surface area contributed by atoms with Crippen LogP contribution in [0.1, 0.15) is 40.0 Å². The van der Waals surface area contributed by atoms with Crippen molar-refractivity contribution in [3.63, 3.8) is 0 Å². The maximum absolute atomic E-state index is 9.12. The normalized spacial score (nSPS) is 33.2. The van der Waals surface area contributed by atoms with Crippen molar-refractivity contribution in [3.05, 3.63) is 0 Å². The molecule has 1 saturated heterocycles. The van der Waals surface area contributed by atoms with E-state index in [0.29, 0.717) is 18.7 Å². The Balaban J connectivity index is 2.49. The second-order valence-corrected chi connectivity index (χ2v) is 4.43. The van der Waals surface area contributed by atoms with Crippen LogP contribution in [0, 0.1) is 5.92 Å². The summed E-state index contributed by atoms with van der Waals surface area (Å²) < 4.78 is 0. The molecule has 1 rings (SSSR count). The number of piperidine rings is 1. The molecule has 2 heteroatoms. The van der Waals surface area contributed by atoms with Gasteiger partial charge < -0.3 is 5.11 Å². The van der Waals surface area contributed by atoms with E-state index in [2.05, 4.69) is 25.7 Å². The Morgan fingerprint density at radius 3 is 2.69 bits per heavy atom. The number of aliphatic hydroxyl groups is 1. The molecule has 1 fully saturated rings. The van der Waals surface area contributed by atoms with Gasteiger partial charge in [-0.2, -0.15) is 0 Å². The van der Waals surface area contributed by atoms with Crippen molar-refractivity contribution in [3.8, 4) is 0 Å². The van der Waals surface area contributed by atoms with Crippen molar-refractivity contribution in [1.82, 2.24) is 4.90 Å². The van der Waals surface area contributed by atoms with E-state index in [-0.39, 0.29) is 0 Å². The third-order valence-corrected chi connectivity index (χ3v) is 3.44. The standard InChI is InChI=1S/C11H23NO/c1-4-11-6-5-9(2)12(7-11)10(3)8-13/h9-11,13H,4-8H2,1-3H3. The van der Waals surface area contributed by atoms with Crippen LogP contribution in [0.3, 0.4) is 0 Å². The number of hydrogen-bond donors (Lipinski definition) is 1. The second-order valence-electron chi connectivity index (χ2n) is 4.43. The summed E-state index contributed by atoms with van der Waals surface area (Å²) in [7, 11) is 0. The Kier molecular flexibility index (Phi) is 4.20. The first kappa shape index (κ1) is 11.0. The first-order valence-corrected chi connectivity index (χ1v) is 5.55. The van der Waals surface area contributed by atoms with Crippen molar-refractivity contribution < 1.29 is 5.11 Å². The molecular weight excluding hydrogens is 162 g/mol. The van der Waals surface area contributed by atoms with Crippen molar-refractivity contribution in [2.75, 3.05) is 13.2 Å². The number of hydrogen-bond acceptors (Lipinski definition) is 2. The van der Waals surface area contributed by atoms with E-state index < -0.39 is 0 Å². The number of likely N-dealkylation sites (tertiary alicyclic amines) is 1. The largest absolute Gasteiger partial charge is 0.395 e. The van der Waals surface area contributed by atoms with Gasteiger partial charge in [0.25, 0.3) is 0 Å². The van der Waals surface area contributed by atoms with Crippen LogP contribution in [-0.2, 0) is 0 Å². The molecule has 1 N–H and O–H groups in total. The zero-order valence-electron chi connectivity index (χ0n) is 9.16. The molecule has 1 aliphatic rings. The lowest BCUT2D eigenvalue weighted by molar-refractivity contribution is 0.0483. The van der Waals surface area contributed by atoms with Gasteiger partial charge in [0, 0.05) is 18.6 Å². The molecule has 0 spiro atoms. The van der Waals surface area contributed by atoms with Gasteiger partial charge in [-0.05, 0) is 32.6 Å². The van der Waals surface area contributed by atoms with E-state index in [0.717, 1.165) is 5.92 Å². The van der Waals surface area contributed by atoms with Gasteiger partial charge in [0.15, 0.2) is 0 Å². The van der Waals surface area contributed by atoms with E-state index in [1.54, 1.807) is 0 Å². The van der Waals surface area contributed by atoms with Gasteiger partial charge in [0.1, 0.15) is 0 Å². The highest BCUT2D eigenvalue weighted by Gasteiger charge is 2.27. The Hall–Kier alpha value is -0.0800. The summed E-state index contributed by atoms with van der Waals surface area (Å²) in [5.41, 5.74) is 0. The summed E-state index contributed by atoms with van der Waals surface area (Å²) in [6.45, 7) is 8.13. The average Bonchev–Trinajstić information content (AvgIpc) is 2.17. The molecule has 3 unspecified atom stereocenters. The summed E-state index contributed by atoms with van der Waals surface area (Å²) in [5.74, 6) is 0.852. The topological polar surface area (TPSA) is 23.5 Å². The highest BCUT2D eigenvalue weighted by Crippen LogP contribution is 2.25. The molecule has 3 atom stereocenters. The fraction of sp³-hybridized carbons (Fsp3) is 1.00. The van der Waals surface area contributed by atoms with E-state index in [1.807, 2.05) is 0 Å². The predicted molar refractivity (Wildman–Crippen MR) is 55.7 cm³/mol. The highest BCUT2D eigenvalue weighted by molar-refractivity contribution is 4.81. The Morgan fingerprint density at radius 2 is 2.15 bits per heavy atom. The molecule has 1 heterocycles. The first-order chi connectivity index (χ1) is 6.19. The molecule has 0 radical (unpaired) electrons. The van der Waals surface area contributed by atoms with Crippen LogP contribution in [0.5, 0.6) is 0 Å². The SMILES string of the molecule is CCC1CCC(C)N(C(C)CO)C1. The molecule has 13 heavy (non-hydrogen) atoms. The Labute approximate surface area is 81.9 Å². The van der Waals surface area contributed by atoms with Crippen molar-refractivity contribution in [1.29, 1.82) is 0 Å². The zero-order chi connectivity index (χ0) is 9.84. The smallest absolute Gasteiger partial charge is 0.0584 e. The number of nitrogens with zero attached hydrogens (tertiary/aromatic N) is 1. The van der Waals surface area contributed by atoms with Gasteiger partial charge in [0.05, 0.1) is 6.61 Å². The molecule has 0 aromatic heterocycles. The molecule has 0 aromatic carbocycles. The summed E-state index contributed by atoms with van der Waals surface area (Å²) in [4.78, 5) is 2.46. The number of aliphatic hydroxyl groups excluding tert-OH is 1. The van der Waals surface area contributed by atoms with E-state index >= 15 is 0 Å². The van der Waals surface area contributed by atoms with Crippen molar-refractivity contribution in [2.24, 2.45) is 5.92 Å². The lowest BCUT2D eigenvalue weighted by Gasteiger charge is -2.41. The van der Waals surface area contributed by atoms with E-state index in [9.17, 15) is 0 Å². The average molecular weight is 185 g/mol. The second kappa shape index (κ2) is 4.97. The van der Waals surface area contributed by atoms with Gasteiger partial charge in [0.2, 0.25) is 0 Å². The first-order valence-electron chi connectivity index (χ1n) is 5.55. The summed E-state index contributed by atoms with van der Waals surface area (Å²) >= 11 is 0. The number of rotatable bonds is 3. The van der Waals surface area contributed by atoms with Gasteiger partial charge in [-0.15, -0.1) is 0 Å². The molecule has 0 amide bonds. The molecular formula is C11H23NO. The van der Waals surface area contributed by atoms with Crippen LogP contribution >= 0.6 is 0 Å². The van der Waals surface area contributed by atoms with Crippen LogP contribution in [-0.4, -0.2) is 35.2 Å². The Bertz CT molecular complexity index is 145. The van der Waals surface area contributed by atoms with Gasteiger partial charge in [-0.25, -0.2) is 0 Å². The minimum atomic E-state index is 0.292. The molecule has 0 saturated carbocycles. The fourth-order valence-electron chi connectivity index (χ4n) is 2.26. The minimum absolute atomic E-state index is 0.292. The van der Waals surface area contributed by atoms with Gasteiger partial charge in [-0.1, -0.05) is 13.3 Å². The molecule has 2 nitrogen and oxygen atoms in total. The summed E-state index contributed by atoms with van der Waals surface area (Å²) in [5, 5.41) is 9.12. The monoisotopic (exact) mass is 185 g/mol. The van der Waals surface area contributed by atoms with E-state index in [1.165, 1.54) is 25.8 Å². The van der Waals surface area contributed by atoms with Crippen LogP contribution in [0.2, 0.25) is 0 Å². The third kappa shape index (κ3) is 2.68. The molecule has 0 aromatic rings. The van der Waals surface area contributed by atoms with Crippen LogP contribution < -0.4 is 0 Å². The quantitative estimate of drug-likeness (QED) is 0.725. The van der Waals surface area contributed by atoms with Crippen LogP contribution in [0.4, 0.5) is 0 Å². The van der Waals surface area contributed by atoms with Gasteiger partial charge >= 0.3 is 0 Å². The molecule has 1 aliphatic heterocycles. The summed E-state index contributed by atoms with van der Waals surface area (Å²) in [6, 6.07) is 0.995. The molecule has 78 valence electrons. The minimum Gasteiger partial charge on any atom is -0.395 e. The maximum atomic E-state index is 9.12. The zero-order valence-corrected chi connectivity index (χ0v) is 9.16. The highest BCUT2D eigenvalue weighted by atomic mass is 16.3. The van der Waals surface area contributed by atoms with Crippen LogP contribution in [0.15, 0.2) is 0 Å². The van der Waals surface area contributed by atoms with Gasteiger partial charge in [-0.3, -0.25) is 4.90 Å².